The molecule has 1 heterocycles. The maximum absolute atomic E-state index is 12.2. The van der Waals surface area contributed by atoms with Gasteiger partial charge in [0.2, 0.25) is 5.91 Å². The number of carbonyl (C=O) groups is 1. The summed E-state index contributed by atoms with van der Waals surface area (Å²) in [6.45, 7) is 3.49. The lowest BCUT2D eigenvalue weighted by atomic mass is 10.1. The highest BCUT2D eigenvalue weighted by molar-refractivity contribution is 5.76. The fourth-order valence-electron chi connectivity index (χ4n) is 2.47. The Hall–Kier alpha value is -1.43. The number of ether oxygens (including phenoxy) is 2. The molecule has 5 heteroatoms. The zero-order valence-electron chi connectivity index (χ0n) is 12.9. The molecule has 1 aromatic rings. The largest absolute Gasteiger partial charge is 0.396 e. The smallest absolute Gasteiger partial charge is 0.222 e. The second-order valence-electron chi connectivity index (χ2n) is 5.61. The Balaban J connectivity index is 1.62. The summed E-state index contributed by atoms with van der Waals surface area (Å²) in [5.41, 5.74) is 1.14. The van der Waals surface area contributed by atoms with Crippen LogP contribution < -0.4 is 0 Å². The van der Waals surface area contributed by atoms with Gasteiger partial charge in [0.15, 0.2) is 0 Å². The van der Waals surface area contributed by atoms with Crippen molar-refractivity contribution in [2.75, 3.05) is 39.5 Å². The van der Waals surface area contributed by atoms with E-state index in [2.05, 4.69) is 0 Å². The van der Waals surface area contributed by atoms with E-state index in [0.29, 0.717) is 52.4 Å². The summed E-state index contributed by atoms with van der Waals surface area (Å²) in [6.07, 6.45) is 1.19. The van der Waals surface area contributed by atoms with Gasteiger partial charge in [-0.2, -0.15) is 0 Å². The van der Waals surface area contributed by atoms with Gasteiger partial charge in [-0.05, 0) is 12.0 Å². The van der Waals surface area contributed by atoms with E-state index in [1.54, 1.807) is 4.90 Å². The predicted molar refractivity (Wildman–Crippen MR) is 83.3 cm³/mol. The van der Waals surface area contributed by atoms with Crippen LogP contribution in [-0.4, -0.2) is 55.4 Å². The Labute approximate surface area is 131 Å². The number of aliphatic hydroxyl groups excluding tert-OH is 1. The van der Waals surface area contributed by atoms with Gasteiger partial charge in [-0.3, -0.25) is 4.79 Å². The lowest BCUT2D eigenvalue weighted by Crippen LogP contribution is -2.36. The summed E-state index contributed by atoms with van der Waals surface area (Å²) >= 11 is 0. The molecule has 0 aromatic heterocycles. The van der Waals surface area contributed by atoms with Gasteiger partial charge in [0.05, 0.1) is 19.8 Å². The maximum atomic E-state index is 12.2. The number of benzene rings is 1. The summed E-state index contributed by atoms with van der Waals surface area (Å²) in [7, 11) is 0. The van der Waals surface area contributed by atoms with E-state index in [-0.39, 0.29) is 18.4 Å². The molecule has 1 saturated heterocycles. The third-order valence-corrected chi connectivity index (χ3v) is 3.74. The number of hydrogen-bond donors (Lipinski definition) is 1. The monoisotopic (exact) mass is 307 g/mol. The summed E-state index contributed by atoms with van der Waals surface area (Å²) in [4.78, 5) is 14.0. The maximum Gasteiger partial charge on any atom is 0.222 e. The number of carbonyl (C=O) groups excluding carboxylic acids is 1. The van der Waals surface area contributed by atoms with E-state index in [0.717, 1.165) is 5.56 Å². The van der Waals surface area contributed by atoms with Crippen LogP contribution in [0.1, 0.15) is 18.4 Å². The molecule has 5 nitrogen and oxygen atoms in total. The molecule has 0 spiro atoms. The van der Waals surface area contributed by atoms with Crippen LogP contribution >= 0.6 is 0 Å². The molecule has 2 rings (SSSR count). The van der Waals surface area contributed by atoms with Crippen molar-refractivity contribution in [3.63, 3.8) is 0 Å². The molecule has 1 aliphatic heterocycles. The quantitative estimate of drug-likeness (QED) is 0.775. The van der Waals surface area contributed by atoms with Gasteiger partial charge < -0.3 is 19.5 Å². The number of amides is 1. The molecule has 0 bridgehead atoms. The second kappa shape index (κ2) is 9.56. The fraction of sp³-hybridized carbons (Fsp3) is 0.588. The molecule has 1 aliphatic rings. The van der Waals surface area contributed by atoms with Crippen LogP contribution in [-0.2, 0) is 20.9 Å². The van der Waals surface area contributed by atoms with Crippen molar-refractivity contribution >= 4 is 5.91 Å². The topological polar surface area (TPSA) is 59.0 Å². The van der Waals surface area contributed by atoms with Gasteiger partial charge in [0.1, 0.15) is 0 Å². The van der Waals surface area contributed by atoms with Crippen LogP contribution in [0.4, 0.5) is 0 Å². The number of aliphatic hydroxyl groups is 1. The minimum absolute atomic E-state index is 0.0285. The first-order chi connectivity index (χ1) is 10.8. The van der Waals surface area contributed by atoms with Gasteiger partial charge in [0, 0.05) is 38.6 Å². The van der Waals surface area contributed by atoms with Crippen LogP contribution in [0, 0.1) is 5.92 Å². The molecule has 1 fully saturated rings. The first-order valence-electron chi connectivity index (χ1n) is 7.87. The number of hydrogen-bond acceptors (Lipinski definition) is 4. The van der Waals surface area contributed by atoms with Crippen molar-refractivity contribution in [2.45, 2.75) is 19.4 Å². The number of nitrogens with zero attached hydrogens (tertiary/aromatic N) is 1. The summed E-state index contributed by atoms with van der Waals surface area (Å²) in [6, 6.07) is 10.0. The standard InChI is InChI=1S/C17H25NO4/c19-12-16-11-18(8-10-22-14-16)17(20)7-4-9-21-13-15-5-2-1-3-6-15/h1-3,5-6,16,19H,4,7-14H2/t16-/m0/s1. The van der Waals surface area contributed by atoms with E-state index < -0.39 is 0 Å². The highest BCUT2D eigenvalue weighted by atomic mass is 16.5. The van der Waals surface area contributed by atoms with Crippen LogP contribution in [0.3, 0.4) is 0 Å². The Morgan fingerprint density at radius 3 is 2.95 bits per heavy atom. The average Bonchev–Trinajstić information content (AvgIpc) is 2.81. The van der Waals surface area contributed by atoms with Crippen LogP contribution in [0.25, 0.3) is 0 Å². The molecule has 0 saturated carbocycles. The first kappa shape index (κ1) is 16.9. The molecule has 0 unspecified atom stereocenters. The van der Waals surface area contributed by atoms with Crippen molar-refractivity contribution in [1.29, 1.82) is 0 Å². The lowest BCUT2D eigenvalue weighted by Gasteiger charge is -2.22. The molecular weight excluding hydrogens is 282 g/mol. The third-order valence-electron chi connectivity index (χ3n) is 3.74. The van der Waals surface area contributed by atoms with Gasteiger partial charge in [-0.25, -0.2) is 0 Å². The molecule has 122 valence electrons. The summed E-state index contributed by atoms with van der Waals surface area (Å²) < 4.78 is 11.0. The minimum Gasteiger partial charge on any atom is -0.396 e. The predicted octanol–water partition coefficient (Wildman–Crippen LogP) is 1.45. The normalized spacial score (nSPS) is 19.0. The van der Waals surface area contributed by atoms with Crippen LogP contribution in [0.2, 0.25) is 0 Å². The Kier molecular flexibility index (Phi) is 7.36. The first-order valence-corrected chi connectivity index (χ1v) is 7.87. The zero-order chi connectivity index (χ0) is 15.6. The van der Waals surface area contributed by atoms with E-state index in [1.807, 2.05) is 30.3 Å². The zero-order valence-corrected chi connectivity index (χ0v) is 12.9. The molecule has 0 aliphatic carbocycles. The highest BCUT2D eigenvalue weighted by Crippen LogP contribution is 2.09. The van der Waals surface area contributed by atoms with Gasteiger partial charge >= 0.3 is 0 Å². The molecule has 1 N–H and O–H groups in total. The van der Waals surface area contributed by atoms with E-state index >= 15 is 0 Å². The van der Waals surface area contributed by atoms with Crippen molar-refractivity contribution < 1.29 is 19.4 Å². The van der Waals surface area contributed by atoms with Crippen molar-refractivity contribution in [1.82, 2.24) is 4.90 Å². The highest BCUT2D eigenvalue weighted by Gasteiger charge is 2.21. The summed E-state index contributed by atoms with van der Waals surface area (Å²) in [5.74, 6) is 0.146. The van der Waals surface area contributed by atoms with E-state index in [1.165, 1.54) is 0 Å². The van der Waals surface area contributed by atoms with Gasteiger partial charge in [0.25, 0.3) is 0 Å². The molecule has 1 amide bonds. The van der Waals surface area contributed by atoms with E-state index in [4.69, 9.17) is 9.47 Å². The Morgan fingerprint density at radius 1 is 1.36 bits per heavy atom. The second-order valence-corrected chi connectivity index (χ2v) is 5.61. The van der Waals surface area contributed by atoms with Crippen molar-refractivity contribution in [2.24, 2.45) is 5.92 Å². The van der Waals surface area contributed by atoms with Crippen LogP contribution in [0.15, 0.2) is 30.3 Å². The minimum atomic E-state index is 0.0285. The van der Waals surface area contributed by atoms with E-state index in [9.17, 15) is 9.90 Å². The van der Waals surface area contributed by atoms with Crippen molar-refractivity contribution in [3.05, 3.63) is 35.9 Å². The fourth-order valence-corrected chi connectivity index (χ4v) is 2.47. The molecule has 22 heavy (non-hydrogen) atoms. The Bertz CT molecular complexity index is 438. The van der Waals surface area contributed by atoms with Crippen LogP contribution in [0.5, 0.6) is 0 Å². The lowest BCUT2D eigenvalue weighted by molar-refractivity contribution is -0.132. The molecule has 1 aromatic carbocycles. The molecule has 0 radical (unpaired) electrons. The Morgan fingerprint density at radius 2 is 2.18 bits per heavy atom. The third kappa shape index (κ3) is 5.75. The van der Waals surface area contributed by atoms with Gasteiger partial charge in [-0.15, -0.1) is 0 Å². The van der Waals surface area contributed by atoms with Crippen molar-refractivity contribution in [3.8, 4) is 0 Å². The number of rotatable bonds is 7. The SMILES string of the molecule is O=C(CCCOCc1ccccc1)N1CCOC[C@H](CO)C1. The average molecular weight is 307 g/mol. The van der Waals surface area contributed by atoms with Gasteiger partial charge in [-0.1, -0.05) is 30.3 Å². The molecular formula is C17H25NO4. The summed E-state index contributed by atoms with van der Waals surface area (Å²) in [5, 5.41) is 9.23. The molecule has 1 atom stereocenters.